The molecule has 0 spiro atoms. The number of hydrogen-bond donors (Lipinski definition) is 1. The maximum absolute atomic E-state index is 12.8. The maximum atomic E-state index is 12.8. The lowest BCUT2D eigenvalue weighted by atomic mass is 9.99. The first-order chi connectivity index (χ1) is 14.0. The van der Waals surface area contributed by atoms with Crippen molar-refractivity contribution < 1.29 is 23.1 Å². The van der Waals surface area contributed by atoms with E-state index < -0.39 is 13.6 Å². The molecule has 9 nitrogen and oxygen atoms in total. The number of anilines is 1. The summed E-state index contributed by atoms with van der Waals surface area (Å²) >= 11 is 0. The van der Waals surface area contributed by atoms with E-state index in [1.165, 1.54) is 6.33 Å². The summed E-state index contributed by atoms with van der Waals surface area (Å²) in [4.78, 5) is 26.1. The van der Waals surface area contributed by atoms with Crippen molar-refractivity contribution in [2.24, 2.45) is 5.92 Å². The van der Waals surface area contributed by atoms with Crippen LogP contribution in [0, 0.1) is 5.92 Å². The van der Waals surface area contributed by atoms with Gasteiger partial charge in [-0.05, 0) is 39.5 Å². The van der Waals surface area contributed by atoms with E-state index in [1.54, 1.807) is 13.1 Å². The number of hydrogen-bond acceptors (Lipinski definition) is 8. The van der Waals surface area contributed by atoms with Crippen molar-refractivity contribution in [2.75, 3.05) is 44.0 Å². The molecule has 2 aromatic rings. The average molecular weight is 424 g/mol. The normalized spacial score (nSPS) is 15.8. The predicted molar refractivity (Wildman–Crippen MR) is 111 cm³/mol. The summed E-state index contributed by atoms with van der Waals surface area (Å²) < 4.78 is 28.8. The van der Waals surface area contributed by atoms with Crippen molar-refractivity contribution in [1.82, 2.24) is 15.0 Å². The second-order valence-electron chi connectivity index (χ2n) is 6.90. The van der Waals surface area contributed by atoms with E-state index in [9.17, 15) is 9.36 Å². The van der Waals surface area contributed by atoms with Crippen LogP contribution in [0.15, 0.2) is 12.5 Å². The number of ether oxygens (including phenoxy) is 1. The van der Waals surface area contributed by atoms with Crippen LogP contribution in [-0.2, 0) is 18.3 Å². The molecule has 1 N–H and O–H groups in total. The molecular weight excluding hydrogens is 395 g/mol. The molecule has 0 amide bonds. The Bertz CT molecular complexity index is 869. The summed E-state index contributed by atoms with van der Waals surface area (Å²) in [5, 5.41) is 0. The topological polar surface area (TPSA) is 107 Å². The van der Waals surface area contributed by atoms with Gasteiger partial charge in [0.2, 0.25) is 0 Å². The van der Waals surface area contributed by atoms with Crippen LogP contribution in [0.25, 0.3) is 11.0 Å². The maximum Gasteiger partial charge on any atom is 0.341 e. The van der Waals surface area contributed by atoms with Gasteiger partial charge in [-0.1, -0.05) is 0 Å². The highest BCUT2D eigenvalue weighted by molar-refractivity contribution is 7.53. The van der Waals surface area contributed by atoms with Crippen LogP contribution in [0.2, 0.25) is 0 Å². The number of aromatic nitrogens is 3. The Hall–Kier alpha value is -1.96. The van der Waals surface area contributed by atoms with E-state index in [1.807, 2.05) is 13.8 Å². The van der Waals surface area contributed by atoms with E-state index in [4.69, 9.17) is 13.8 Å². The smallest absolute Gasteiger partial charge is 0.341 e. The molecule has 0 aliphatic carbocycles. The van der Waals surface area contributed by atoms with Gasteiger partial charge in [0.05, 0.1) is 26.0 Å². The first kappa shape index (κ1) is 21.7. The second-order valence-corrected chi connectivity index (χ2v) is 9.01. The molecule has 10 heteroatoms. The lowest BCUT2D eigenvalue weighted by molar-refractivity contribution is 0.0528. The van der Waals surface area contributed by atoms with Crippen LogP contribution >= 0.6 is 7.60 Å². The molecule has 0 bridgehead atoms. The fourth-order valence-corrected chi connectivity index (χ4v) is 5.78. The number of fused-ring (bicyclic) bond motifs is 1. The number of carbonyl (C=O) groups excluding carboxylic acids is 1. The van der Waals surface area contributed by atoms with Crippen LogP contribution < -0.4 is 4.90 Å². The van der Waals surface area contributed by atoms with Crippen molar-refractivity contribution >= 4 is 30.4 Å². The standard InChI is InChI=1S/C19H29N4O5P/c1-4-26-19(24)15-11-20-17-16(15)21-13-22-18(17)23-9-7-14(8-10-23)12-29(25,27-5-2)28-6-3/h11,13-14,20H,4-10,12H2,1-3H3. The zero-order chi connectivity index (χ0) is 20.9. The molecular formula is C19H29N4O5P. The highest BCUT2D eigenvalue weighted by Crippen LogP contribution is 2.51. The molecule has 0 unspecified atom stereocenters. The summed E-state index contributed by atoms with van der Waals surface area (Å²) in [6, 6.07) is 0. The molecule has 29 heavy (non-hydrogen) atoms. The zero-order valence-corrected chi connectivity index (χ0v) is 18.1. The van der Waals surface area contributed by atoms with Gasteiger partial charge in [0, 0.05) is 19.3 Å². The summed E-state index contributed by atoms with van der Waals surface area (Å²) in [7, 11) is -3.03. The fourth-order valence-electron chi connectivity index (χ4n) is 3.71. The van der Waals surface area contributed by atoms with Crippen LogP contribution in [0.1, 0.15) is 44.0 Å². The monoisotopic (exact) mass is 424 g/mol. The van der Waals surface area contributed by atoms with Crippen LogP contribution in [0.3, 0.4) is 0 Å². The number of nitrogens with one attached hydrogen (secondary N) is 1. The van der Waals surface area contributed by atoms with Crippen molar-refractivity contribution in [3.8, 4) is 0 Å². The molecule has 1 fully saturated rings. The highest BCUT2D eigenvalue weighted by Gasteiger charge is 2.31. The third-order valence-electron chi connectivity index (χ3n) is 4.99. The van der Waals surface area contributed by atoms with Crippen LogP contribution in [-0.4, -0.2) is 60.0 Å². The predicted octanol–water partition coefficient (Wildman–Crippen LogP) is 3.62. The minimum absolute atomic E-state index is 0.270. The molecule has 0 aromatic carbocycles. The van der Waals surface area contributed by atoms with Gasteiger partial charge in [0.15, 0.2) is 5.82 Å². The minimum atomic E-state index is -3.03. The Labute approximate surface area is 170 Å². The van der Waals surface area contributed by atoms with Gasteiger partial charge >= 0.3 is 13.6 Å². The fraction of sp³-hybridized carbons (Fsp3) is 0.632. The SMILES string of the molecule is CCOC(=O)c1c[nH]c2c(N3CCC(CP(=O)(OCC)OCC)CC3)ncnc12. The van der Waals surface area contributed by atoms with Crippen molar-refractivity contribution in [3.63, 3.8) is 0 Å². The Kier molecular flexibility index (Phi) is 7.27. The molecule has 1 saturated heterocycles. The molecule has 0 saturated carbocycles. The van der Waals surface area contributed by atoms with Crippen molar-refractivity contribution in [2.45, 2.75) is 33.6 Å². The lowest BCUT2D eigenvalue weighted by Crippen LogP contribution is -2.35. The Morgan fingerprint density at radius 3 is 2.48 bits per heavy atom. The van der Waals surface area contributed by atoms with E-state index in [0.29, 0.717) is 37.1 Å². The van der Waals surface area contributed by atoms with Gasteiger partial charge in [-0.3, -0.25) is 4.57 Å². The quantitative estimate of drug-likeness (QED) is 0.481. The number of aromatic amines is 1. The minimum Gasteiger partial charge on any atom is -0.462 e. The summed E-state index contributed by atoms with van der Waals surface area (Å²) in [5.74, 6) is 0.637. The molecule has 0 atom stereocenters. The molecule has 0 radical (unpaired) electrons. The number of carbonyl (C=O) groups is 1. The van der Waals surface area contributed by atoms with Crippen LogP contribution in [0.4, 0.5) is 5.82 Å². The van der Waals surface area contributed by atoms with E-state index in [0.717, 1.165) is 37.3 Å². The average Bonchev–Trinajstić information content (AvgIpc) is 3.13. The summed E-state index contributed by atoms with van der Waals surface area (Å²) in [6.45, 7) is 8.03. The van der Waals surface area contributed by atoms with E-state index >= 15 is 0 Å². The third kappa shape index (κ3) is 4.97. The largest absolute Gasteiger partial charge is 0.462 e. The Balaban J connectivity index is 1.70. The van der Waals surface area contributed by atoms with Crippen LogP contribution in [0.5, 0.6) is 0 Å². The van der Waals surface area contributed by atoms with E-state index in [2.05, 4.69) is 19.9 Å². The number of piperidine rings is 1. The second kappa shape index (κ2) is 9.69. The molecule has 160 valence electrons. The van der Waals surface area contributed by atoms with Gasteiger partial charge in [0.1, 0.15) is 22.9 Å². The molecule has 1 aliphatic heterocycles. The van der Waals surface area contributed by atoms with Gasteiger partial charge in [-0.25, -0.2) is 14.8 Å². The van der Waals surface area contributed by atoms with Gasteiger partial charge in [-0.2, -0.15) is 0 Å². The van der Waals surface area contributed by atoms with E-state index in [-0.39, 0.29) is 5.92 Å². The Morgan fingerprint density at radius 2 is 1.86 bits per heavy atom. The first-order valence-electron chi connectivity index (χ1n) is 10.1. The van der Waals surface area contributed by atoms with Gasteiger partial charge < -0.3 is 23.7 Å². The summed E-state index contributed by atoms with van der Waals surface area (Å²) in [6.07, 6.45) is 5.26. The lowest BCUT2D eigenvalue weighted by Gasteiger charge is -2.34. The van der Waals surface area contributed by atoms with Crippen molar-refractivity contribution in [3.05, 3.63) is 18.1 Å². The highest BCUT2D eigenvalue weighted by atomic mass is 31.2. The Morgan fingerprint density at radius 1 is 1.17 bits per heavy atom. The zero-order valence-electron chi connectivity index (χ0n) is 17.2. The number of nitrogens with zero attached hydrogens (tertiary/aromatic N) is 3. The number of esters is 1. The van der Waals surface area contributed by atoms with Gasteiger partial charge in [-0.15, -0.1) is 0 Å². The number of rotatable bonds is 9. The van der Waals surface area contributed by atoms with Gasteiger partial charge in [0.25, 0.3) is 0 Å². The number of H-pyrrole nitrogens is 1. The molecule has 3 heterocycles. The third-order valence-corrected chi connectivity index (χ3v) is 7.25. The molecule has 3 rings (SSSR count). The summed E-state index contributed by atoms with van der Waals surface area (Å²) in [5.41, 5.74) is 1.70. The first-order valence-corrected chi connectivity index (χ1v) is 11.9. The molecule has 2 aromatic heterocycles. The molecule has 1 aliphatic rings. The van der Waals surface area contributed by atoms with Crippen molar-refractivity contribution in [1.29, 1.82) is 0 Å².